The van der Waals surface area contributed by atoms with Crippen LogP contribution in [0.4, 0.5) is 0 Å². The van der Waals surface area contributed by atoms with E-state index in [0.29, 0.717) is 12.1 Å². The number of rotatable bonds is 5. The topological polar surface area (TPSA) is 46.9 Å². The number of benzene rings is 3. The first kappa shape index (κ1) is 20.9. The lowest BCUT2D eigenvalue weighted by Gasteiger charge is -2.20. The van der Waals surface area contributed by atoms with Crippen LogP contribution >= 0.6 is 0 Å². The quantitative estimate of drug-likeness (QED) is 0.446. The fourth-order valence-electron chi connectivity index (χ4n) is 3.82. The third-order valence-corrected chi connectivity index (χ3v) is 5.62. The van der Waals surface area contributed by atoms with Gasteiger partial charge in [0.05, 0.1) is 17.1 Å². The molecule has 4 rings (SSSR count). The Kier molecular flexibility index (Phi) is 5.64. The zero-order chi connectivity index (χ0) is 22.0. The standard InChI is InChI=1S/C27H29N3O/c1-19(28-26(31)21-10-6-5-7-11-21)25-29-23-12-8-9-13-24(23)30(25)18-20-14-16-22(17-15-20)27(2,3)4/h5-17,19H,18H2,1-4H3,(H,28,31). The Morgan fingerprint density at radius 2 is 1.58 bits per heavy atom. The van der Waals surface area contributed by atoms with E-state index in [1.54, 1.807) is 0 Å². The highest BCUT2D eigenvalue weighted by atomic mass is 16.1. The second-order valence-electron chi connectivity index (χ2n) is 9.05. The number of carbonyl (C=O) groups is 1. The van der Waals surface area contributed by atoms with Crippen molar-refractivity contribution in [2.24, 2.45) is 0 Å². The van der Waals surface area contributed by atoms with E-state index < -0.39 is 0 Å². The average Bonchev–Trinajstić information content (AvgIpc) is 3.13. The molecule has 1 atom stereocenters. The number of hydrogen-bond acceptors (Lipinski definition) is 2. The largest absolute Gasteiger partial charge is 0.342 e. The Morgan fingerprint density at radius 3 is 2.26 bits per heavy atom. The maximum absolute atomic E-state index is 12.7. The molecule has 0 aliphatic heterocycles. The predicted octanol–water partition coefficient (Wildman–Crippen LogP) is 5.87. The molecule has 0 bridgehead atoms. The summed E-state index contributed by atoms with van der Waals surface area (Å²) in [4.78, 5) is 17.6. The molecule has 0 fully saturated rings. The molecule has 1 N–H and O–H groups in total. The van der Waals surface area contributed by atoms with E-state index >= 15 is 0 Å². The van der Waals surface area contributed by atoms with Crippen molar-refractivity contribution in [3.05, 3.63) is 101 Å². The van der Waals surface area contributed by atoms with Gasteiger partial charge in [-0.3, -0.25) is 4.79 Å². The van der Waals surface area contributed by atoms with E-state index in [1.165, 1.54) is 11.1 Å². The van der Waals surface area contributed by atoms with E-state index in [0.717, 1.165) is 16.9 Å². The van der Waals surface area contributed by atoms with Gasteiger partial charge in [-0.25, -0.2) is 4.98 Å². The van der Waals surface area contributed by atoms with Gasteiger partial charge in [0.25, 0.3) is 5.91 Å². The molecular formula is C27H29N3O. The van der Waals surface area contributed by atoms with E-state index in [4.69, 9.17) is 4.98 Å². The summed E-state index contributed by atoms with van der Waals surface area (Å²) in [5.74, 6) is 0.756. The van der Waals surface area contributed by atoms with Gasteiger partial charge in [-0.1, -0.05) is 75.4 Å². The normalized spacial score (nSPS) is 12.6. The van der Waals surface area contributed by atoms with Gasteiger partial charge >= 0.3 is 0 Å². The monoisotopic (exact) mass is 411 g/mol. The van der Waals surface area contributed by atoms with E-state index in [2.05, 4.69) is 61.0 Å². The Morgan fingerprint density at radius 1 is 0.935 bits per heavy atom. The SMILES string of the molecule is CC(NC(=O)c1ccccc1)c1nc2ccccc2n1Cc1ccc(C(C)(C)C)cc1. The minimum Gasteiger partial charge on any atom is -0.342 e. The highest BCUT2D eigenvalue weighted by Crippen LogP contribution is 2.25. The Hall–Kier alpha value is -3.40. The first-order valence-corrected chi connectivity index (χ1v) is 10.7. The molecule has 4 aromatic rings. The van der Waals surface area contributed by atoms with Gasteiger partial charge in [-0.2, -0.15) is 0 Å². The molecular weight excluding hydrogens is 382 g/mol. The minimum absolute atomic E-state index is 0.0961. The lowest BCUT2D eigenvalue weighted by Crippen LogP contribution is -2.28. The molecule has 1 aromatic heterocycles. The van der Waals surface area contributed by atoms with Crippen molar-refractivity contribution >= 4 is 16.9 Å². The Balaban J connectivity index is 1.65. The maximum atomic E-state index is 12.7. The molecule has 0 spiro atoms. The summed E-state index contributed by atoms with van der Waals surface area (Å²) in [7, 11) is 0. The number of fused-ring (bicyclic) bond motifs is 1. The molecule has 1 unspecified atom stereocenters. The number of imidazole rings is 1. The van der Waals surface area contributed by atoms with Crippen LogP contribution in [0.3, 0.4) is 0 Å². The van der Waals surface area contributed by atoms with Gasteiger partial charge in [-0.05, 0) is 47.7 Å². The molecule has 4 nitrogen and oxygen atoms in total. The van der Waals surface area contributed by atoms with Crippen LogP contribution < -0.4 is 5.32 Å². The van der Waals surface area contributed by atoms with Gasteiger partial charge in [-0.15, -0.1) is 0 Å². The van der Waals surface area contributed by atoms with E-state index in [1.807, 2.05) is 55.5 Å². The second-order valence-corrected chi connectivity index (χ2v) is 9.05. The van der Waals surface area contributed by atoms with Crippen molar-refractivity contribution in [2.45, 2.75) is 45.7 Å². The Labute approximate surface area is 183 Å². The summed E-state index contributed by atoms with van der Waals surface area (Å²) < 4.78 is 2.21. The number of aromatic nitrogens is 2. The van der Waals surface area contributed by atoms with Crippen LogP contribution in [0.2, 0.25) is 0 Å². The number of nitrogens with one attached hydrogen (secondary N) is 1. The second kappa shape index (κ2) is 8.38. The molecule has 3 aromatic carbocycles. The number of carbonyl (C=O) groups excluding carboxylic acids is 1. The summed E-state index contributed by atoms with van der Waals surface area (Å²) in [6.07, 6.45) is 0. The van der Waals surface area contributed by atoms with Crippen LogP contribution in [0.25, 0.3) is 11.0 Å². The molecule has 0 radical (unpaired) electrons. The number of hydrogen-bond donors (Lipinski definition) is 1. The molecule has 31 heavy (non-hydrogen) atoms. The van der Waals surface area contributed by atoms with Gasteiger partial charge in [0, 0.05) is 12.1 Å². The van der Waals surface area contributed by atoms with Crippen LogP contribution in [0.5, 0.6) is 0 Å². The Bertz CT molecular complexity index is 1180. The molecule has 0 saturated carbocycles. The van der Waals surface area contributed by atoms with Crippen LogP contribution in [-0.4, -0.2) is 15.5 Å². The minimum atomic E-state index is -0.228. The zero-order valence-electron chi connectivity index (χ0n) is 18.6. The summed E-state index contributed by atoms with van der Waals surface area (Å²) in [5, 5.41) is 3.11. The van der Waals surface area contributed by atoms with Crippen molar-refractivity contribution in [3.8, 4) is 0 Å². The molecule has 158 valence electrons. The number of para-hydroxylation sites is 2. The lowest BCUT2D eigenvalue weighted by molar-refractivity contribution is 0.0937. The molecule has 0 saturated heterocycles. The maximum Gasteiger partial charge on any atom is 0.251 e. The van der Waals surface area contributed by atoms with Crippen LogP contribution in [0.15, 0.2) is 78.9 Å². The van der Waals surface area contributed by atoms with Crippen LogP contribution in [-0.2, 0) is 12.0 Å². The zero-order valence-corrected chi connectivity index (χ0v) is 18.6. The summed E-state index contributed by atoms with van der Waals surface area (Å²) >= 11 is 0. The smallest absolute Gasteiger partial charge is 0.251 e. The number of amides is 1. The average molecular weight is 412 g/mol. The first-order valence-electron chi connectivity index (χ1n) is 10.7. The highest BCUT2D eigenvalue weighted by Gasteiger charge is 2.19. The van der Waals surface area contributed by atoms with Crippen molar-refractivity contribution < 1.29 is 4.79 Å². The summed E-state index contributed by atoms with van der Waals surface area (Å²) in [6.45, 7) is 9.36. The lowest BCUT2D eigenvalue weighted by atomic mass is 9.87. The third-order valence-electron chi connectivity index (χ3n) is 5.62. The molecule has 1 amide bonds. The van der Waals surface area contributed by atoms with Gasteiger partial charge in [0.15, 0.2) is 0 Å². The van der Waals surface area contributed by atoms with Gasteiger partial charge < -0.3 is 9.88 Å². The highest BCUT2D eigenvalue weighted by molar-refractivity contribution is 5.94. The molecule has 0 aliphatic rings. The fourth-order valence-corrected chi connectivity index (χ4v) is 3.82. The fraction of sp³-hybridized carbons (Fsp3) is 0.259. The first-order chi connectivity index (χ1) is 14.8. The van der Waals surface area contributed by atoms with E-state index in [9.17, 15) is 4.79 Å². The molecule has 1 heterocycles. The van der Waals surface area contributed by atoms with Crippen molar-refractivity contribution in [1.29, 1.82) is 0 Å². The van der Waals surface area contributed by atoms with Gasteiger partial charge in [0.2, 0.25) is 0 Å². The van der Waals surface area contributed by atoms with Crippen molar-refractivity contribution in [2.75, 3.05) is 0 Å². The van der Waals surface area contributed by atoms with E-state index in [-0.39, 0.29) is 17.4 Å². The summed E-state index contributed by atoms with van der Waals surface area (Å²) in [5.41, 5.74) is 5.30. The van der Waals surface area contributed by atoms with Crippen molar-refractivity contribution in [3.63, 3.8) is 0 Å². The van der Waals surface area contributed by atoms with Crippen LogP contribution in [0.1, 0.15) is 61.0 Å². The van der Waals surface area contributed by atoms with Crippen molar-refractivity contribution in [1.82, 2.24) is 14.9 Å². The molecule has 0 aliphatic carbocycles. The molecule has 4 heteroatoms. The number of nitrogens with zero attached hydrogens (tertiary/aromatic N) is 2. The van der Waals surface area contributed by atoms with Gasteiger partial charge in [0.1, 0.15) is 5.82 Å². The third kappa shape index (κ3) is 4.53. The van der Waals surface area contributed by atoms with Crippen LogP contribution in [0, 0.1) is 0 Å². The summed E-state index contributed by atoms with van der Waals surface area (Å²) in [6, 6.07) is 26.0. The predicted molar refractivity (Wildman–Crippen MR) is 126 cm³/mol.